The molecular weight excluding hydrogens is 258 g/mol. The van der Waals surface area contributed by atoms with E-state index in [-0.39, 0.29) is 6.09 Å². The summed E-state index contributed by atoms with van der Waals surface area (Å²) in [6.07, 6.45) is 0.862. The van der Waals surface area contributed by atoms with Gasteiger partial charge in [-0.25, -0.2) is 4.79 Å². The van der Waals surface area contributed by atoms with Gasteiger partial charge < -0.3 is 9.64 Å². The molecule has 1 unspecified atom stereocenters. The van der Waals surface area contributed by atoms with Gasteiger partial charge in [-0.2, -0.15) is 0 Å². The van der Waals surface area contributed by atoms with Crippen LogP contribution in [-0.4, -0.2) is 29.7 Å². The predicted octanol–water partition coefficient (Wildman–Crippen LogP) is 4.09. The molecule has 1 aliphatic rings. The molecule has 1 atom stereocenters. The van der Waals surface area contributed by atoms with Crippen molar-refractivity contribution < 1.29 is 9.53 Å². The molecule has 0 aromatic carbocycles. The third-order valence-corrected chi connectivity index (χ3v) is 4.90. The fraction of sp³-hybridized carbons (Fsp3) is 0.667. The van der Waals surface area contributed by atoms with Gasteiger partial charge in [-0.3, -0.25) is 0 Å². The van der Waals surface area contributed by atoms with Gasteiger partial charge in [0, 0.05) is 23.9 Å². The van der Waals surface area contributed by atoms with Crippen molar-refractivity contribution in [1.82, 2.24) is 4.90 Å². The lowest BCUT2D eigenvalue weighted by Crippen LogP contribution is -2.35. The maximum absolute atomic E-state index is 12.0. The Bertz CT molecular complexity index is 473. The van der Waals surface area contributed by atoms with Crippen molar-refractivity contribution in [2.24, 2.45) is 0 Å². The molecule has 1 amide bonds. The summed E-state index contributed by atoms with van der Waals surface area (Å²) in [5.41, 5.74) is 2.33. The van der Waals surface area contributed by atoms with Crippen molar-refractivity contribution >= 4 is 17.4 Å². The third-order valence-electron chi connectivity index (χ3n) is 3.53. The predicted molar refractivity (Wildman–Crippen MR) is 79.0 cm³/mol. The standard InChI is InChI=1S/C15H23NO2S/c1-10-9-19-13(11(10)2)12-6-7-16(8-12)14(17)18-15(3,4)5/h9,12H,6-8H2,1-5H3. The fourth-order valence-corrected chi connectivity index (χ4v) is 3.60. The molecule has 106 valence electrons. The van der Waals surface area contributed by atoms with Gasteiger partial charge in [0.05, 0.1) is 0 Å². The van der Waals surface area contributed by atoms with Gasteiger partial charge in [-0.05, 0) is 57.5 Å². The Hall–Kier alpha value is -1.03. The highest BCUT2D eigenvalue weighted by Crippen LogP contribution is 2.35. The van der Waals surface area contributed by atoms with E-state index in [1.165, 1.54) is 16.0 Å². The molecule has 0 aliphatic carbocycles. The Balaban J connectivity index is 2.00. The first-order valence-corrected chi connectivity index (χ1v) is 7.68. The maximum atomic E-state index is 12.0. The molecule has 1 saturated heterocycles. The van der Waals surface area contributed by atoms with Gasteiger partial charge in [0.2, 0.25) is 0 Å². The van der Waals surface area contributed by atoms with Crippen molar-refractivity contribution in [2.45, 2.75) is 52.6 Å². The Morgan fingerprint density at radius 1 is 1.42 bits per heavy atom. The molecule has 1 fully saturated rings. The largest absolute Gasteiger partial charge is 0.444 e. The molecule has 0 spiro atoms. The van der Waals surface area contributed by atoms with E-state index in [1.54, 1.807) is 0 Å². The fourth-order valence-electron chi connectivity index (χ4n) is 2.39. The quantitative estimate of drug-likeness (QED) is 0.776. The number of rotatable bonds is 1. The number of aryl methyl sites for hydroxylation is 1. The smallest absolute Gasteiger partial charge is 0.410 e. The van der Waals surface area contributed by atoms with Crippen molar-refractivity contribution in [2.75, 3.05) is 13.1 Å². The average molecular weight is 281 g/mol. The van der Waals surface area contributed by atoms with E-state index >= 15 is 0 Å². The number of hydrogen-bond acceptors (Lipinski definition) is 3. The highest BCUT2D eigenvalue weighted by Gasteiger charge is 2.31. The maximum Gasteiger partial charge on any atom is 0.410 e. The monoisotopic (exact) mass is 281 g/mol. The number of carbonyl (C=O) groups is 1. The first kappa shape index (κ1) is 14.4. The van der Waals surface area contributed by atoms with Crippen LogP contribution in [0.5, 0.6) is 0 Å². The molecule has 1 aliphatic heterocycles. The molecular formula is C15H23NO2S. The third kappa shape index (κ3) is 3.30. The number of hydrogen-bond donors (Lipinski definition) is 0. The summed E-state index contributed by atoms with van der Waals surface area (Å²) in [7, 11) is 0. The Morgan fingerprint density at radius 3 is 2.63 bits per heavy atom. The number of thiophene rings is 1. The molecule has 0 saturated carbocycles. The summed E-state index contributed by atoms with van der Waals surface area (Å²) in [6, 6.07) is 0. The molecule has 19 heavy (non-hydrogen) atoms. The first-order chi connectivity index (χ1) is 8.78. The zero-order valence-corrected chi connectivity index (χ0v) is 13.3. The minimum atomic E-state index is -0.412. The van der Waals surface area contributed by atoms with Crippen molar-refractivity contribution in [1.29, 1.82) is 0 Å². The molecule has 1 aromatic rings. The minimum Gasteiger partial charge on any atom is -0.444 e. The van der Waals surface area contributed by atoms with E-state index in [9.17, 15) is 4.79 Å². The zero-order valence-electron chi connectivity index (χ0n) is 12.4. The number of nitrogens with zero attached hydrogens (tertiary/aromatic N) is 1. The van der Waals surface area contributed by atoms with Crippen molar-refractivity contribution in [3.63, 3.8) is 0 Å². The highest BCUT2D eigenvalue weighted by molar-refractivity contribution is 7.10. The molecule has 3 nitrogen and oxygen atoms in total. The van der Waals surface area contributed by atoms with E-state index in [0.29, 0.717) is 5.92 Å². The van der Waals surface area contributed by atoms with Crippen LogP contribution in [0.25, 0.3) is 0 Å². The average Bonchev–Trinajstić information content (AvgIpc) is 2.85. The molecule has 0 bridgehead atoms. The number of ether oxygens (including phenoxy) is 1. The van der Waals surface area contributed by atoms with Crippen LogP contribution in [0.2, 0.25) is 0 Å². The van der Waals surface area contributed by atoms with E-state index in [4.69, 9.17) is 4.74 Å². The first-order valence-electron chi connectivity index (χ1n) is 6.80. The molecule has 4 heteroatoms. The Labute approximate surface area is 119 Å². The van der Waals surface area contributed by atoms with E-state index < -0.39 is 5.60 Å². The van der Waals surface area contributed by atoms with Gasteiger partial charge >= 0.3 is 6.09 Å². The van der Waals surface area contributed by atoms with E-state index in [0.717, 1.165) is 19.5 Å². The summed E-state index contributed by atoms with van der Waals surface area (Å²) >= 11 is 1.82. The summed E-state index contributed by atoms with van der Waals surface area (Å²) in [5, 5.41) is 2.21. The number of carbonyl (C=O) groups excluding carboxylic acids is 1. The lowest BCUT2D eigenvalue weighted by Gasteiger charge is -2.24. The lowest BCUT2D eigenvalue weighted by molar-refractivity contribution is 0.0292. The summed E-state index contributed by atoms with van der Waals surface area (Å²) in [6.45, 7) is 11.6. The van der Waals surface area contributed by atoms with Crippen molar-refractivity contribution in [3.8, 4) is 0 Å². The normalized spacial score (nSPS) is 19.8. The van der Waals surface area contributed by atoms with E-state index in [1.807, 2.05) is 37.0 Å². The Kier molecular flexibility index (Phi) is 3.90. The highest BCUT2D eigenvalue weighted by atomic mass is 32.1. The summed E-state index contributed by atoms with van der Waals surface area (Å²) in [5.74, 6) is 0.478. The van der Waals surface area contributed by atoms with E-state index in [2.05, 4.69) is 19.2 Å². The van der Waals surface area contributed by atoms with Crippen LogP contribution < -0.4 is 0 Å². The van der Waals surface area contributed by atoms with Crippen LogP contribution in [-0.2, 0) is 4.74 Å². The SMILES string of the molecule is Cc1csc(C2CCN(C(=O)OC(C)(C)C)C2)c1C. The van der Waals surface area contributed by atoms with Crippen LogP contribution in [0.3, 0.4) is 0 Å². The van der Waals surface area contributed by atoms with Crippen LogP contribution in [0.1, 0.15) is 49.1 Å². The zero-order chi connectivity index (χ0) is 14.2. The van der Waals surface area contributed by atoms with Gasteiger partial charge in [-0.15, -0.1) is 11.3 Å². The van der Waals surface area contributed by atoms with Gasteiger partial charge in [0.25, 0.3) is 0 Å². The van der Waals surface area contributed by atoms with Crippen LogP contribution in [0.4, 0.5) is 4.79 Å². The minimum absolute atomic E-state index is 0.180. The summed E-state index contributed by atoms with van der Waals surface area (Å²) < 4.78 is 5.43. The number of likely N-dealkylation sites (tertiary alicyclic amines) is 1. The van der Waals surface area contributed by atoms with Crippen LogP contribution in [0.15, 0.2) is 5.38 Å². The topological polar surface area (TPSA) is 29.5 Å². The number of amides is 1. The summed E-state index contributed by atoms with van der Waals surface area (Å²) in [4.78, 5) is 15.3. The van der Waals surface area contributed by atoms with Gasteiger partial charge in [0.15, 0.2) is 0 Å². The second-order valence-corrected chi connectivity index (χ2v) is 7.23. The van der Waals surface area contributed by atoms with Crippen LogP contribution >= 0.6 is 11.3 Å². The second kappa shape index (κ2) is 5.16. The molecule has 2 heterocycles. The molecule has 0 N–H and O–H groups in total. The van der Waals surface area contributed by atoms with Gasteiger partial charge in [0.1, 0.15) is 5.60 Å². The van der Waals surface area contributed by atoms with Crippen molar-refractivity contribution in [3.05, 3.63) is 21.4 Å². The lowest BCUT2D eigenvalue weighted by atomic mass is 10.0. The molecule has 2 rings (SSSR count). The molecule has 0 radical (unpaired) electrons. The van der Waals surface area contributed by atoms with Crippen LogP contribution in [0, 0.1) is 13.8 Å². The van der Waals surface area contributed by atoms with Gasteiger partial charge in [-0.1, -0.05) is 0 Å². The Morgan fingerprint density at radius 2 is 2.11 bits per heavy atom. The second-order valence-electron chi connectivity index (χ2n) is 6.32. The molecule has 1 aromatic heterocycles.